The van der Waals surface area contributed by atoms with Gasteiger partial charge in [0.1, 0.15) is 10.4 Å². The number of nitrogens with one attached hydrogen (secondary N) is 3. The molecule has 0 saturated carbocycles. The van der Waals surface area contributed by atoms with Gasteiger partial charge in [-0.1, -0.05) is 0 Å². The van der Waals surface area contributed by atoms with Gasteiger partial charge >= 0.3 is 0 Å². The van der Waals surface area contributed by atoms with Gasteiger partial charge in [0.05, 0.1) is 6.33 Å². The fraction of sp³-hybridized carbons (Fsp3) is 0. The number of aromatic nitrogens is 4. The molecule has 0 aromatic carbocycles. The largest absolute Gasteiger partial charge is 0.390 e. The van der Waals surface area contributed by atoms with Crippen molar-refractivity contribution in [1.82, 2.24) is 19.9 Å². The van der Waals surface area contributed by atoms with Gasteiger partial charge in [-0.2, -0.15) is 4.98 Å². The van der Waals surface area contributed by atoms with E-state index in [1.54, 1.807) is 0 Å². The number of hydrogen-bond donors (Lipinski definition) is 3. The first-order valence-corrected chi connectivity index (χ1v) is 4.42. The topological polar surface area (TPSA) is 86.5 Å². The average molecular weight is 181 g/mol. The number of rotatable bonds is 1. The van der Waals surface area contributed by atoms with Crippen molar-refractivity contribution in [3.05, 3.63) is 16.7 Å². The molecular formula is C5H7N5OSi. The summed E-state index contributed by atoms with van der Waals surface area (Å²) < 4.78 is 0. The Morgan fingerprint density at radius 2 is 2.42 bits per heavy atom. The second kappa shape index (κ2) is 2.45. The zero-order valence-corrected chi connectivity index (χ0v) is 8.38. The second-order valence-electron chi connectivity index (χ2n) is 2.27. The molecule has 0 radical (unpaired) electrons. The molecule has 3 N–H and O–H groups in total. The maximum atomic E-state index is 11.2. The van der Waals surface area contributed by atoms with Crippen LogP contribution in [0.4, 0.5) is 5.95 Å². The Morgan fingerprint density at radius 3 is 3.17 bits per heavy atom. The molecule has 2 heterocycles. The van der Waals surface area contributed by atoms with Crippen molar-refractivity contribution >= 4 is 27.5 Å². The standard InChI is InChI=1S/C5H7N5OSi/c11-4-2-3(7-1-6-2)8-5(9-4)10-12/h1H,12H3,(H3,6,7,8,9,10,11). The van der Waals surface area contributed by atoms with Crippen LogP contribution in [0.5, 0.6) is 0 Å². The van der Waals surface area contributed by atoms with Gasteiger partial charge in [0.25, 0.3) is 5.56 Å². The van der Waals surface area contributed by atoms with Crippen LogP contribution < -0.4 is 10.5 Å². The summed E-state index contributed by atoms with van der Waals surface area (Å²) in [5.74, 6) is 0.478. The molecule has 0 unspecified atom stereocenters. The summed E-state index contributed by atoms with van der Waals surface area (Å²) in [6, 6.07) is 0. The molecule has 12 heavy (non-hydrogen) atoms. The van der Waals surface area contributed by atoms with E-state index in [0.29, 0.717) is 17.1 Å². The Morgan fingerprint density at radius 1 is 1.58 bits per heavy atom. The van der Waals surface area contributed by atoms with Gasteiger partial charge in [-0.25, -0.2) is 4.98 Å². The Labute approximate surface area is 69.9 Å². The molecule has 0 atom stereocenters. The van der Waals surface area contributed by atoms with Crippen molar-refractivity contribution in [2.24, 2.45) is 0 Å². The third-order valence-corrected chi connectivity index (χ3v) is 2.01. The summed E-state index contributed by atoms with van der Waals surface area (Å²) in [4.78, 5) is 27.3. The first-order chi connectivity index (χ1) is 5.81. The number of hydrogen-bond acceptors (Lipinski definition) is 4. The first-order valence-electron chi connectivity index (χ1n) is 3.42. The fourth-order valence-electron chi connectivity index (χ4n) is 0.961. The molecule has 0 fully saturated rings. The highest BCUT2D eigenvalue weighted by atomic mass is 28.2. The monoisotopic (exact) mass is 181 g/mol. The smallest absolute Gasteiger partial charge is 0.278 e. The third-order valence-electron chi connectivity index (χ3n) is 1.53. The molecule has 0 amide bonds. The molecule has 0 spiro atoms. The molecule has 6 nitrogen and oxygen atoms in total. The molecule has 7 heteroatoms. The molecule has 0 saturated heterocycles. The van der Waals surface area contributed by atoms with E-state index in [0.717, 1.165) is 10.4 Å². The van der Waals surface area contributed by atoms with Crippen molar-refractivity contribution in [2.45, 2.75) is 0 Å². The summed E-state index contributed by atoms with van der Waals surface area (Å²) in [6.07, 6.45) is 1.45. The molecule has 0 bridgehead atoms. The van der Waals surface area contributed by atoms with Crippen LogP contribution in [-0.2, 0) is 0 Å². The van der Waals surface area contributed by atoms with Crippen LogP contribution in [0.25, 0.3) is 11.2 Å². The van der Waals surface area contributed by atoms with Crippen molar-refractivity contribution in [3.63, 3.8) is 0 Å². The fourth-order valence-corrected chi connectivity index (χ4v) is 1.20. The number of H-pyrrole nitrogens is 2. The van der Waals surface area contributed by atoms with Crippen LogP contribution >= 0.6 is 0 Å². The number of fused-ring (bicyclic) bond motifs is 1. The molecule has 2 aromatic heterocycles. The van der Waals surface area contributed by atoms with Crippen LogP contribution in [-0.4, -0.2) is 30.3 Å². The number of aromatic amines is 2. The van der Waals surface area contributed by atoms with Crippen molar-refractivity contribution < 1.29 is 0 Å². The number of imidazole rings is 1. The van der Waals surface area contributed by atoms with Crippen LogP contribution in [0.15, 0.2) is 11.1 Å². The quantitative estimate of drug-likeness (QED) is 0.459. The average Bonchev–Trinajstić information content (AvgIpc) is 2.52. The molecule has 2 rings (SSSR count). The summed E-state index contributed by atoms with van der Waals surface area (Å²) >= 11 is 0. The molecule has 0 aliphatic carbocycles. The summed E-state index contributed by atoms with van der Waals surface area (Å²) in [5, 5.41) is 0. The predicted molar refractivity (Wildman–Crippen MR) is 48.1 cm³/mol. The van der Waals surface area contributed by atoms with E-state index in [1.807, 2.05) is 0 Å². The first kappa shape index (κ1) is 7.04. The van der Waals surface area contributed by atoms with Crippen LogP contribution in [0.3, 0.4) is 0 Å². The van der Waals surface area contributed by atoms with Gasteiger partial charge in [-0.05, 0) is 0 Å². The zero-order chi connectivity index (χ0) is 8.55. The van der Waals surface area contributed by atoms with Gasteiger partial charge in [0.2, 0.25) is 0 Å². The van der Waals surface area contributed by atoms with E-state index >= 15 is 0 Å². The van der Waals surface area contributed by atoms with Gasteiger partial charge in [0.15, 0.2) is 17.1 Å². The second-order valence-corrected chi connectivity index (χ2v) is 2.77. The maximum Gasteiger partial charge on any atom is 0.278 e. The van der Waals surface area contributed by atoms with Gasteiger partial charge < -0.3 is 9.97 Å². The lowest BCUT2D eigenvalue weighted by Crippen LogP contribution is -2.11. The SMILES string of the molecule is O=c1[nH]c(N[SiH3])nc2nc[nH]c12. The van der Waals surface area contributed by atoms with Gasteiger partial charge in [0, 0.05) is 0 Å². The minimum Gasteiger partial charge on any atom is -0.390 e. The van der Waals surface area contributed by atoms with E-state index in [-0.39, 0.29) is 5.56 Å². The predicted octanol–water partition coefficient (Wildman–Crippen LogP) is -1.66. The van der Waals surface area contributed by atoms with E-state index < -0.39 is 0 Å². The molecule has 62 valence electrons. The highest BCUT2D eigenvalue weighted by Crippen LogP contribution is 2.00. The lowest BCUT2D eigenvalue weighted by molar-refractivity contribution is 1.17. The van der Waals surface area contributed by atoms with E-state index in [4.69, 9.17) is 0 Å². The van der Waals surface area contributed by atoms with Crippen molar-refractivity contribution in [3.8, 4) is 0 Å². The van der Waals surface area contributed by atoms with Crippen molar-refractivity contribution in [2.75, 3.05) is 4.98 Å². The summed E-state index contributed by atoms with van der Waals surface area (Å²) in [6.45, 7) is 0. The van der Waals surface area contributed by atoms with Crippen LogP contribution in [0.1, 0.15) is 0 Å². The van der Waals surface area contributed by atoms with E-state index in [2.05, 4.69) is 24.9 Å². The minimum atomic E-state index is -0.198. The Balaban J connectivity index is 2.84. The lowest BCUT2D eigenvalue weighted by Gasteiger charge is -1.96. The van der Waals surface area contributed by atoms with Gasteiger partial charge in [-0.15, -0.1) is 0 Å². The Bertz CT molecular complexity index is 460. The summed E-state index contributed by atoms with van der Waals surface area (Å²) in [5.41, 5.74) is 0.656. The van der Waals surface area contributed by atoms with Crippen LogP contribution in [0.2, 0.25) is 0 Å². The lowest BCUT2D eigenvalue weighted by atomic mass is 10.5. The van der Waals surface area contributed by atoms with E-state index in [1.165, 1.54) is 6.33 Å². The van der Waals surface area contributed by atoms with Crippen LogP contribution in [0, 0.1) is 0 Å². The third kappa shape index (κ3) is 0.908. The molecule has 0 aliphatic heterocycles. The molecule has 0 aliphatic rings. The molecular weight excluding hydrogens is 174 g/mol. The normalized spacial score (nSPS) is 10.7. The number of anilines is 1. The Kier molecular flexibility index (Phi) is 1.44. The van der Waals surface area contributed by atoms with E-state index in [9.17, 15) is 4.79 Å². The highest BCUT2D eigenvalue weighted by molar-refractivity contribution is 6.15. The van der Waals surface area contributed by atoms with Crippen molar-refractivity contribution in [1.29, 1.82) is 0 Å². The summed E-state index contributed by atoms with van der Waals surface area (Å²) in [7, 11) is 0.738. The van der Waals surface area contributed by atoms with Gasteiger partial charge in [-0.3, -0.25) is 9.78 Å². The Hall–Kier alpha value is -1.63. The number of nitrogens with zero attached hydrogens (tertiary/aromatic N) is 2. The highest BCUT2D eigenvalue weighted by Gasteiger charge is 2.02. The maximum absolute atomic E-state index is 11.2. The zero-order valence-electron chi connectivity index (χ0n) is 6.38. The minimum absolute atomic E-state index is 0.198. The molecule has 2 aromatic rings.